The lowest BCUT2D eigenvalue weighted by atomic mass is 9.96. The number of hydrogen-bond donors (Lipinski definition) is 0. The summed E-state index contributed by atoms with van der Waals surface area (Å²) in [6.45, 7) is 3.60. The smallest absolute Gasteiger partial charge is 0.420 e. The molecule has 4 aromatic carbocycles. The van der Waals surface area contributed by atoms with E-state index in [1.807, 2.05) is 0 Å². The van der Waals surface area contributed by atoms with Gasteiger partial charge in [0.05, 0.1) is 0 Å². The minimum absolute atomic E-state index is 0.182. The number of ether oxygens (including phenoxy) is 1. The summed E-state index contributed by atoms with van der Waals surface area (Å²) in [5.41, 5.74) is -0.377. The van der Waals surface area contributed by atoms with Gasteiger partial charge in [0, 0.05) is 0 Å². The van der Waals surface area contributed by atoms with E-state index in [4.69, 9.17) is 4.74 Å². The van der Waals surface area contributed by atoms with Crippen LogP contribution in [0.25, 0.3) is 22.3 Å². The summed E-state index contributed by atoms with van der Waals surface area (Å²) >= 11 is 0. The molecule has 0 aliphatic rings. The summed E-state index contributed by atoms with van der Waals surface area (Å²) in [4.78, 5) is 0. The molecule has 0 heterocycles. The minimum atomic E-state index is -4.87. The highest BCUT2D eigenvalue weighted by molar-refractivity contribution is 5.73. The first-order valence-corrected chi connectivity index (χ1v) is 10.7. The highest BCUT2D eigenvalue weighted by Crippen LogP contribution is 2.48. The van der Waals surface area contributed by atoms with Gasteiger partial charge in [0.25, 0.3) is 0 Å². The Morgan fingerprint density at radius 2 is 0.829 bits per heavy atom. The fraction of sp³-hybridized carbons (Fsp3) is 0.143. The molecule has 0 aromatic heterocycles. The lowest BCUT2D eigenvalue weighted by molar-refractivity contribution is -0.139. The second-order valence-electron chi connectivity index (χ2n) is 8.19. The lowest BCUT2D eigenvalue weighted by Gasteiger charge is -2.21. The van der Waals surface area contributed by atoms with E-state index in [-0.39, 0.29) is 22.3 Å². The zero-order valence-corrected chi connectivity index (χ0v) is 18.8. The average Bonchev–Trinajstić information content (AvgIpc) is 2.78. The SMILES string of the molecule is Cc1ccc(-c2cccc(Oc3cccc(-c4ccc(C)cc4)c3C(F)(F)F)c2C(F)(F)F)cc1. The van der Waals surface area contributed by atoms with Crippen LogP contribution in [0.2, 0.25) is 0 Å². The molecule has 0 aliphatic carbocycles. The second-order valence-corrected chi connectivity index (χ2v) is 8.19. The molecule has 0 N–H and O–H groups in total. The third-order valence-electron chi connectivity index (χ3n) is 5.56. The molecule has 0 saturated heterocycles. The monoisotopic (exact) mass is 486 g/mol. The van der Waals surface area contributed by atoms with E-state index >= 15 is 0 Å². The van der Waals surface area contributed by atoms with E-state index in [1.165, 1.54) is 48.5 Å². The number of rotatable bonds is 4. The highest BCUT2D eigenvalue weighted by Gasteiger charge is 2.40. The number of aryl methyl sites for hydroxylation is 2. The fourth-order valence-corrected chi connectivity index (χ4v) is 3.88. The van der Waals surface area contributed by atoms with Crippen molar-refractivity contribution >= 4 is 0 Å². The maximum atomic E-state index is 14.2. The molecule has 4 aromatic rings. The third-order valence-corrected chi connectivity index (χ3v) is 5.56. The van der Waals surface area contributed by atoms with Crippen LogP contribution in [0.4, 0.5) is 26.3 Å². The Bertz CT molecular complexity index is 1230. The van der Waals surface area contributed by atoms with Crippen molar-refractivity contribution in [3.8, 4) is 33.8 Å². The number of benzene rings is 4. The molecule has 1 nitrogen and oxygen atoms in total. The largest absolute Gasteiger partial charge is 0.456 e. The van der Waals surface area contributed by atoms with Crippen molar-refractivity contribution in [3.05, 3.63) is 107 Å². The maximum absolute atomic E-state index is 14.2. The van der Waals surface area contributed by atoms with Gasteiger partial charge in [0.1, 0.15) is 22.6 Å². The first-order chi connectivity index (χ1) is 16.4. The van der Waals surface area contributed by atoms with Crippen molar-refractivity contribution < 1.29 is 31.1 Å². The molecule has 0 unspecified atom stereocenters. The van der Waals surface area contributed by atoms with Gasteiger partial charge >= 0.3 is 12.4 Å². The van der Waals surface area contributed by atoms with Crippen LogP contribution in [-0.4, -0.2) is 0 Å². The summed E-state index contributed by atoms with van der Waals surface area (Å²) in [5.74, 6) is -1.41. The van der Waals surface area contributed by atoms with Gasteiger partial charge in [-0.25, -0.2) is 0 Å². The van der Waals surface area contributed by atoms with Crippen LogP contribution < -0.4 is 4.74 Å². The summed E-state index contributed by atoms with van der Waals surface area (Å²) in [5, 5.41) is 0. The summed E-state index contributed by atoms with van der Waals surface area (Å²) in [6.07, 6.45) is -9.74. The van der Waals surface area contributed by atoms with E-state index in [2.05, 4.69) is 0 Å². The van der Waals surface area contributed by atoms with Crippen LogP contribution in [0, 0.1) is 13.8 Å². The molecule has 180 valence electrons. The maximum Gasteiger partial charge on any atom is 0.420 e. The normalized spacial score (nSPS) is 12.0. The fourth-order valence-electron chi connectivity index (χ4n) is 3.88. The average molecular weight is 486 g/mol. The Kier molecular flexibility index (Phi) is 6.36. The van der Waals surface area contributed by atoms with Gasteiger partial charge in [-0.3, -0.25) is 0 Å². The second kappa shape index (κ2) is 9.13. The molecule has 0 saturated carbocycles. The minimum Gasteiger partial charge on any atom is -0.456 e. The topological polar surface area (TPSA) is 9.23 Å². The molecular weight excluding hydrogens is 466 g/mol. The molecule has 0 atom stereocenters. The van der Waals surface area contributed by atoms with Gasteiger partial charge in [-0.1, -0.05) is 83.9 Å². The van der Waals surface area contributed by atoms with E-state index in [9.17, 15) is 26.3 Å². The predicted molar refractivity (Wildman–Crippen MR) is 123 cm³/mol. The Morgan fingerprint density at radius 1 is 0.486 bits per heavy atom. The summed E-state index contributed by atoms with van der Waals surface area (Å²) < 4.78 is 90.6. The highest BCUT2D eigenvalue weighted by atomic mass is 19.4. The molecule has 0 spiro atoms. The number of hydrogen-bond acceptors (Lipinski definition) is 1. The van der Waals surface area contributed by atoms with Crippen molar-refractivity contribution in [3.63, 3.8) is 0 Å². The Balaban J connectivity index is 1.89. The van der Waals surface area contributed by atoms with Crippen LogP contribution in [0.15, 0.2) is 84.9 Å². The van der Waals surface area contributed by atoms with Gasteiger partial charge in [-0.2, -0.15) is 26.3 Å². The van der Waals surface area contributed by atoms with Crippen molar-refractivity contribution in [2.24, 2.45) is 0 Å². The Hall–Kier alpha value is -3.74. The molecule has 0 aliphatic heterocycles. The number of alkyl halides is 6. The van der Waals surface area contributed by atoms with E-state index in [0.717, 1.165) is 23.3 Å². The first-order valence-electron chi connectivity index (χ1n) is 10.7. The van der Waals surface area contributed by atoms with Gasteiger partial charge < -0.3 is 4.74 Å². The zero-order valence-electron chi connectivity index (χ0n) is 18.8. The van der Waals surface area contributed by atoms with Crippen LogP contribution in [0.1, 0.15) is 22.3 Å². The zero-order chi connectivity index (χ0) is 25.4. The molecule has 0 amide bonds. The Morgan fingerprint density at radius 3 is 1.14 bits per heavy atom. The van der Waals surface area contributed by atoms with Crippen LogP contribution in [0.5, 0.6) is 11.5 Å². The van der Waals surface area contributed by atoms with E-state index < -0.39 is 35.0 Å². The predicted octanol–water partition coefficient (Wildman–Crippen LogP) is 9.47. The van der Waals surface area contributed by atoms with Gasteiger partial charge in [-0.05, 0) is 48.2 Å². The summed E-state index contributed by atoms with van der Waals surface area (Å²) in [7, 11) is 0. The van der Waals surface area contributed by atoms with Crippen molar-refractivity contribution in [2.75, 3.05) is 0 Å². The molecule has 35 heavy (non-hydrogen) atoms. The van der Waals surface area contributed by atoms with Crippen LogP contribution in [0.3, 0.4) is 0 Å². The van der Waals surface area contributed by atoms with Crippen molar-refractivity contribution in [1.82, 2.24) is 0 Å². The van der Waals surface area contributed by atoms with Crippen molar-refractivity contribution in [1.29, 1.82) is 0 Å². The Labute approximate surface area is 198 Å². The molecule has 0 fully saturated rings. The quantitative estimate of drug-likeness (QED) is 0.261. The molecule has 0 radical (unpaired) electrons. The van der Waals surface area contributed by atoms with Crippen LogP contribution in [-0.2, 0) is 12.4 Å². The molecular formula is C28H20F6O. The molecule has 4 rings (SSSR count). The lowest BCUT2D eigenvalue weighted by Crippen LogP contribution is -2.12. The van der Waals surface area contributed by atoms with Crippen molar-refractivity contribution in [2.45, 2.75) is 26.2 Å². The first kappa shape index (κ1) is 24.4. The molecule has 7 heteroatoms. The van der Waals surface area contributed by atoms with E-state index in [1.54, 1.807) is 38.1 Å². The van der Waals surface area contributed by atoms with Gasteiger partial charge in [0.15, 0.2) is 0 Å². The van der Waals surface area contributed by atoms with Gasteiger partial charge in [0.2, 0.25) is 0 Å². The standard InChI is InChI=1S/C28H20F6O/c1-17-9-13-19(14-10-17)21-5-3-7-23(25(21)27(29,30)31)35-24-8-4-6-22(26(24)28(32,33)34)20-15-11-18(2)12-16-20/h3-16H,1-2H3. The van der Waals surface area contributed by atoms with E-state index in [0.29, 0.717) is 0 Å². The third kappa shape index (κ3) is 5.19. The van der Waals surface area contributed by atoms with Gasteiger partial charge in [-0.15, -0.1) is 0 Å². The summed E-state index contributed by atoms with van der Waals surface area (Å²) in [6, 6.07) is 20.0. The molecule has 0 bridgehead atoms. The number of halogens is 6. The van der Waals surface area contributed by atoms with Crippen LogP contribution >= 0.6 is 0 Å².